The molecule has 0 bridgehead atoms. The number of hydrogen-bond donors (Lipinski definition) is 4. The largest absolute Gasteiger partial charge is 0.302 e. The standard InChI is InChI=1S/C6H13N5O3/c7-9-5(13)3-11(1-2-12)4-6(14)10-8/h2H,1,3-4,7-8H2,(H,9,13)(H,10,14). The SMILES string of the molecule is NNC(=O)CN(CC=O)CC(=O)NN. The van der Waals surface area contributed by atoms with Crippen molar-refractivity contribution < 1.29 is 14.4 Å². The second kappa shape index (κ2) is 6.95. The zero-order valence-corrected chi connectivity index (χ0v) is 7.53. The predicted octanol–water partition coefficient (Wildman–Crippen LogP) is -3.53. The quantitative estimate of drug-likeness (QED) is 0.153. The Bertz CT molecular complexity index is 202. The van der Waals surface area contributed by atoms with Crippen LogP contribution in [0.3, 0.4) is 0 Å². The number of nitrogens with two attached hydrogens (primary N) is 2. The van der Waals surface area contributed by atoms with E-state index in [0.717, 1.165) is 0 Å². The highest BCUT2D eigenvalue weighted by atomic mass is 16.2. The van der Waals surface area contributed by atoms with Gasteiger partial charge < -0.3 is 4.79 Å². The van der Waals surface area contributed by atoms with E-state index < -0.39 is 11.8 Å². The molecule has 2 amide bonds. The van der Waals surface area contributed by atoms with E-state index in [2.05, 4.69) is 0 Å². The number of rotatable bonds is 6. The molecule has 14 heavy (non-hydrogen) atoms. The summed E-state index contributed by atoms with van der Waals surface area (Å²) in [4.78, 5) is 33.1. The van der Waals surface area contributed by atoms with Gasteiger partial charge in [0.15, 0.2) is 0 Å². The molecule has 8 heteroatoms. The van der Waals surface area contributed by atoms with Crippen molar-refractivity contribution in [3.63, 3.8) is 0 Å². The number of hydrogen-bond acceptors (Lipinski definition) is 6. The molecule has 0 saturated carbocycles. The summed E-state index contributed by atoms with van der Waals surface area (Å²) in [6.07, 6.45) is 0.577. The fraction of sp³-hybridized carbons (Fsp3) is 0.500. The van der Waals surface area contributed by atoms with Crippen molar-refractivity contribution in [2.45, 2.75) is 0 Å². The second-order valence-electron chi connectivity index (χ2n) is 2.47. The third-order valence-corrected chi connectivity index (χ3v) is 1.39. The third-order valence-electron chi connectivity index (χ3n) is 1.39. The number of nitrogens with one attached hydrogen (secondary N) is 2. The van der Waals surface area contributed by atoms with E-state index in [-0.39, 0.29) is 19.6 Å². The minimum atomic E-state index is -0.489. The van der Waals surface area contributed by atoms with Crippen molar-refractivity contribution in [3.8, 4) is 0 Å². The van der Waals surface area contributed by atoms with Crippen molar-refractivity contribution in [3.05, 3.63) is 0 Å². The van der Waals surface area contributed by atoms with E-state index in [0.29, 0.717) is 6.29 Å². The summed E-state index contributed by atoms with van der Waals surface area (Å²) in [5.41, 5.74) is 3.77. The molecular weight excluding hydrogens is 190 g/mol. The Kier molecular flexibility index (Phi) is 6.20. The van der Waals surface area contributed by atoms with Crippen LogP contribution in [0, 0.1) is 0 Å². The maximum Gasteiger partial charge on any atom is 0.248 e. The van der Waals surface area contributed by atoms with E-state index in [1.165, 1.54) is 4.90 Å². The summed E-state index contributed by atoms with van der Waals surface area (Å²) in [6.45, 7) is -0.313. The molecule has 0 rings (SSSR count). The van der Waals surface area contributed by atoms with Gasteiger partial charge in [-0.05, 0) is 0 Å². The normalized spacial score (nSPS) is 9.64. The van der Waals surface area contributed by atoms with Gasteiger partial charge in [-0.2, -0.15) is 0 Å². The number of hydrazine groups is 2. The van der Waals surface area contributed by atoms with Gasteiger partial charge in [-0.25, -0.2) is 11.7 Å². The molecule has 0 atom stereocenters. The van der Waals surface area contributed by atoms with Crippen molar-refractivity contribution in [1.29, 1.82) is 0 Å². The molecule has 8 nitrogen and oxygen atoms in total. The Hall–Kier alpha value is -1.51. The summed E-state index contributed by atoms with van der Waals surface area (Å²) >= 11 is 0. The molecule has 0 aliphatic heterocycles. The van der Waals surface area contributed by atoms with Gasteiger partial charge in [0.1, 0.15) is 6.29 Å². The van der Waals surface area contributed by atoms with Gasteiger partial charge >= 0.3 is 0 Å². The molecule has 0 aliphatic rings. The van der Waals surface area contributed by atoms with Crippen LogP contribution in [0.25, 0.3) is 0 Å². The topological polar surface area (TPSA) is 131 Å². The maximum absolute atomic E-state index is 10.8. The van der Waals surface area contributed by atoms with Crippen LogP contribution >= 0.6 is 0 Å². The smallest absolute Gasteiger partial charge is 0.248 e. The fourth-order valence-electron chi connectivity index (χ4n) is 0.788. The highest BCUT2D eigenvalue weighted by Gasteiger charge is 2.12. The lowest BCUT2D eigenvalue weighted by molar-refractivity contribution is -0.125. The van der Waals surface area contributed by atoms with Gasteiger partial charge in [0, 0.05) is 0 Å². The first-order valence-electron chi connectivity index (χ1n) is 3.79. The molecule has 0 unspecified atom stereocenters. The van der Waals surface area contributed by atoms with E-state index in [4.69, 9.17) is 11.7 Å². The molecule has 0 aromatic heterocycles. The van der Waals surface area contributed by atoms with E-state index in [1.807, 2.05) is 10.9 Å². The van der Waals surface area contributed by atoms with Crippen molar-refractivity contribution in [2.75, 3.05) is 19.6 Å². The Morgan fingerprint density at radius 3 is 1.86 bits per heavy atom. The van der Waals surface area contributed by atoms with E-state index in [9.17, 15) is 14.4 Å². The molecule has 80 valence electrons. The highest BCUT2D eigenvalue weighted by Crippen LogP contribution is 1.85. The molecule has 0 spiro atoms. The van der Waals surface area contributed by atoms with Crippen LogP contribution in [-0.4, -0.2) is 42.6 Å². The summed E-state index contributed by atoms with van der Waals surface area (Å²) < 4.78 is 0. The Labute approximate surface area is 80.5 Å². The second-order valence-corrected chi connectivity index (χ2v) is 2.47. The summed E-state index contributed by atoms with van der Waals surface area (Å²) in [5.74, 6) is 8.70. The zero-order valence-electron chi connectivity index (χ0n) is 7.53. The van der Waals surface area contributed by atoms with Crippen molar-refractivity contribution >= 4 is 18.1 Å². The van der Waals surface area contributed by atoms with Crippen LogP contribution < -0.4 is 22.5 Å². The van der Waals surface area contributed by atoms with Crippen molar-refractivity contribution in [1.82, 2.24) is 15.8 Å². The molecular formula is C6H13N5O3. The predicted molar refractivity (Wildman–Crippen MR) is 47.2 cm³/mol. The van der Waals surface area contributed by atoms with Crippen LogP contribution in [0.1, 0.15) is 0 Å². The summed E-state index contributed by atoms with van der Waals surface area (Å²) in [5, 5.41) is 0. The van der Waals surface area contributed by atoms with Gasteiger partial charge in [-0.15, -0.1) is 0 Å². The van der Waals surface area contributed by atoms with Crippen LogP contribution in [0.5, 0.6) is 0 Å². The molecule has 0 heterocycles. The lowest BCUT2D eigenvalue weighted by Gasteiger charge is -2.16. The van der Waals surface area contributed by atoms with Crippen LogP contribution in [0.2, 0.25) is 0 Å². The molecule has 0 fully saturated rings. The van der Waals surface area contributed by atoms with E-state index >= 15 is 0 Å². The number of carbonyl (C=O) groups excluding carboxylic acids is 3. The molecule has 0 aromatic rings. The number of nitrogens with zero attached hydrogens (tertiary/aromatic N) is 1. The molecule has 0 radical (unpaired) electrons. The monoisotopic (exact) mass is 203 g/mol. The Morgan fingerprint density at radius 2 is 1.57 bits per heavy atom. The minimum Gasteiger partial charge on any atom is -0.302 e. The molecule has 0 saturated heterocycles. The summed E-state index contributed by atoms with van der Waals surface area (Å²) in [6, 6.07) is 0. The maximum atomic E-state index is 10.8. The lowest BCUT2D eigenvalue weighted by atomic mass is 10.4. The Morgan fingerprint density at radius 1 is 1.14 bits per heavy atom. The fourth-order valence-corrected chi connectivity index (χ4v) is 0.788. The Balaban J connectivity index is 4.07. The lowest BCUT2D eigenvalue weighted by Crippen LogP contribution is -2.46. The number of aldehydes is 1. The van der Waals surface area contributed by atoms with Gasteiger partial charge in [-0.1, -0.05) is 0 Å². The van der Waals surface area contributed by atoms with Crippen LogP contribution in [0.15, 0.2) is 0 Å². The highest BCUT2D eigenvalue weighted by molar-refractivity contribution is 5.81. The van der Waals surface area contributed by atoms with Gasteiger partial charge in [0.25, 0.3) is 0 Å². The first-order chi connectivity index (χ1) is 6.63. The van der Waals surface area contributed by atoms with Crippen molar-refractivity contribution in [2.24, 2.45) is 11.7 Å². The van der Waals surface area contributed by atoms with Gasteiger partial charge in [-0.3, -0.25) is 25.3 Å². The first kappa shape index (κ1) is 12.5. The van der Waals surface area contributed by atoms with Gasteiger partial charge in [0.05, 0.1) is 19.6 Å². The minimum absolute atomic E-state index is 0.0408. The molecule has 0 aliphatic carbocycles. The zero-order chi connectivity index (χ0) is 11.0. The average Bonchev–Trinajstić information content (AvgIpc) is 2.17. The third kappa shape index (κ3) is 5.19. The van der Waals surface area contributed by atoms with Gasteiger partial charge in [0.2, 0.25) is 11.8 Å². The number of amides is 2. The average molecular weight is 203 g/mol. The summed E-state index contributed by atoms with van der Waals surface area (Å²) in [7, 11) is 0. The number of carbonyl (C=O) groups is 3. The molecule has 0 aromatic carbocycles. The first-order valence-corrected chi connectivity index (χ1v) is 3.79. The molecule has 6 N–H and O–H groups in total. The van der Waals surface area contributed by atoms with Crippen LogP contribution in [-0.2, 0) is 14.4 Å². The van der Waals surface area contributed by atoms with Crippen LogP contribution in [0.4, 0.5) is 0 Å². The van der Waals surface area contributed by atoms with E-state index in [1.54, 1.807) is 0 Å².